The predicted molar refractivity (Wildman–Crippen MR) is 67.6 cm³/mol. The van der Waals surface area contributed by atoms with E-state index < -0.39 is 0 Å². The molecule has 0 aliphatic carbocycles. The summed E-state index contributed by atoms with van der Waals surface area (Å²) in [6.45, 7) is 5.54. The molecular weight excluding hydrogens is 270 g/mol. The van der Waals surface area contributed by atoms with Gasteiger partial charge in [0.2, 0.25) is 0 Å². The fraction of sp³-hybridized carbons (Fsp3) is 0.417. The molecule has 1 atom stereocenters. The van der Waals surface area contributed by atoms with Gasteiger partial charge in [0.25, 0.3) is 5.91 Å². The first-order chi connectivity index (χ1) is 7.45. The summed E-state index contributed by atoms with van der Waals surface area (Å²) in [6, 6.07) is 3.54. The number of benzene rings is 1. The number of hydrogen-bond acceptors (Lipinski definition) is 2. The Morgan fingerprint density at radius 2 is 2.06 bits per heavy atom. The molecule has 0 aliphatic rings. The fourth-order valence-corrected chi connectivity index (χ4v) is 1.83. The average Bonchev–Trinajstić information content (AvgIpc) is 2.23. The van der Waals surface area contributed by atoms with Gasteiger partial charge in [-0.1, -0.05) is 15.9 Å². The highest BCUT2D eigenvalue weighted by Gasteiger charge is 2.12. The van der Waals surface area contributed by atoms with E-state index in [1.807, 2.05) is 26.0 Å². The lowest BCUT2D eigenvalue weighted by molar-refractivity contribution is 0.0921. The van der Waals surface area contributed by atoms with Gasteiger partial charge < -0.3 is 10.4 Å². The van der Waals surface area contributed by atoms with Crippen molar-refractivity contribution < 1.29 is 9.90 Å². The lowest BCUT2D eigenvalue weighted by atomic mass is 10.0. The van der Waals surface area contributed by atoms with Crippen LogP contribution in [0.15, 0.2) is 16.6 Å². The van der Waals surface area contributed by atoms with E-state index in [0.717, 1.165) is 15.6 Å². The van der Waals surface area contributed by atoms with Crippen LogP contribution in [-0.2, 0) is 0 Å². The molecule has 1 unspecified atom stereocenters. The first-order valence-corrected chi connectivity index (χ1v) is 5.93. The first-order valence-electron chi connectivity index (χ1n) is 5.14. The Bertz CT molecular complexity index is 404. The van der Waals surface area contributed by atoms with Crippen molar-refractivity contribution in [1.29, 1.82) is 0 Å². The van der Waals surface area contributed by atoms with Crippen LogP contribution in [0.2, 0.25) is 0 Å². The van der Waals surface area contributed by atoms with Gasteiger partial charge in [-0.15, -0.1) is 0 Å². The zero-order chi connectivity index (χ0) is 12.3. The Balaban J connectivity index is 2.96. The quantitative estimate of drug-likeness (QED) is 0.894. The Morgan fingerprint density at radius 3 is 2.62 bits per heavy atom. The maximum absolute atomic E-state index is 11.9. The number of carbonyl (C=O) groups excluding carboxylic acids is 1. The molecule has 88 valence electrons. The number of aryl methyl sites for hydroxylation is 2. The molecule has 0 saturated heterocycles. The molecule has 1 aromatic carbocycles. The molecule has 2 N–H and O–H groups in total. The topological polar surface area (TPSA) is 49.3 Å². The summed E-state index contributed by atoms with van der Waals surface area (Å²) < 4.78 is 0.997. The summed E-state index contributed by atoms with van der Waals surface area (Å²) in [5, 5.41) is 11.6. The minimum Gasteiger partial charge on any atom is -0.394 e. The molecule has 0 saturated carbocycles. The summed E-state index contributed by atoms with van der Waals surface area (Å²) in [5.41, 5.74) is 2.59. The van der Waals surface area contributed by atoms with Crippen LogP contribution in [-0.4, -0.2) is 23.7 Å². The van der Waals surface area contributed by atoms with Gasteiger partial charge in [-0.05, 0) is 44.0 Å². The van der Waals surface area contributed by atoms with Crippen LogP contribution in [0.1, 0.15) is 28.4 Å². The molecule has 4 heteroatoms. The van der Waals surface area contributed by atoms with Gasteiger partial charge in [0, 0.05) is 16.1 Å². The van der Waals surface area contributed by atoms with Crippen LogP contribution < -0.4 is 5.32 Å². The van der Waals surface area contributed by atoms with Crippen molar-refractivity contribution in [3.8, 4) is 0 Å². The van der Waals surface area contributed by atoms with Gasteiger partial charge in [0.15, 0.2) is 0 Å². The molecule has 0 aliphatic heterocycles. The van der Waals surface area contributed by atoms with Crippen LogP contribution in [0.25, 0.3) is 0 Å². The number of rotatable bonds is 3. The largest absolute Gasteiger partial charge is 0.394 e. The second-order valence-electron chi connectivity index (χ2n) is 3.97. The number of aliphatic hydroxyl groups is 1. The maximum Gasteiger partial charge on any atom is 0.251 e. The van der Waals surface area contributed by atoms with Gasteiger partial charge in [0.05, 0.1) is 6.61 Å². The van der Waals surface area contributed by atoms with E-state index in [2.05, 4.69) is 21.2 Å². The van der Waals surface area contributed by atoms with Gasteiger partial charge in [-0.25, -0.2) is 0 Å². The Hall–Kier alpha value is -0.870. The number of amides is 1. The minimum atomic E-state index is -0.226. The Labute approximate surface area is 104 Å². The van der Waals surface area contributed by atoms with E-state index in [-0.39, 0.29) is 18.6 Å². The van der Waals surface area contributed by atoms with Gasteiger partial charge in [-0.3, -0.25) is 4.79 Å². The van der Waals surface area contributed by atoms with E-state index in [9.17, 15) is 4.79 Å². The smallest absolute Gasteiger partial charge is 0.251 e. The van der Waals surface area contributed by atoms with Crippen molar-refractivity contribution in [1.82, 2.24) is 5.32 Å². The third-order valence-corrected chi connectivity index (χ3v) is 3.26. The van der Waals surface area contributed by atoms with Crippen molar-refractivity contribution in [2.75, 3.05) is 6.61 Å². The minimum absolute atomic E-state index is 0.0553. The summed E-state index contributed by atoms with van der Waals surface area (Å²) in [7, 11) is 0. The zero-order valence-corrected chi connectivity index (χ0v) is 11.3. The van der Waals surface area contributed by atoms with Crippen molar-refractivity contribution >= 4 is 21.8 Å². The molecule has 1 amide bonds. The van der Waals surface area contributed by atoms with Crippen molar-refractivity contribution in [2.45, 2.75) is 26.8 Å². The molecule has 1 aromatic rings. The highest BCUT2D eigenvalue weighted by Crippen LogP contribution is 2.21. The van der Waals surface area contributed by atoms with E-state index in [1.54, 1.807) is 6.92 Å². The predicted octanol–water partition coefficient (Wildman–Crippen LogP) is 2.18. The number of nitrogens with one attached hydrogen (secondary N) is 1. The molecule has 0 aromatic heterocycles. The van der Waals surface area contributed by atoms with Crippen molar-refractivity contribution in [2.24, 2.45) is 0 Å². The molecule has 0 radical (unpaired) electrons. The fourth-order valence-electron chi connectivity index (χ4n) is 1.37. The number of aliphatic hydroxyl groups excluding tert-OH is 1. The van der Waals surface area contributed by atoms with Crippen LogP contribution in [0, 0.1) is 13.8 Å². The average molecular weight is 286 g/mol. The molecule has 1 rings (SSSR count). The van der Waals surface area contributed by atoms with Crippen LogP contribution in [0.5, 0.6) is 0 Å². The summed E-state index contributed by atoms with van der Waals surface area (Å²) in [4.78, 5) is 11.9. The normalized spacial score (nSPS) is 12.3. The number of halogens is 1. The molecule has 3 nitrogen and oxygen atoms in total. The van der Waals surface area contributed by atoms with Crippen LogP contribution >= 0.6 is 15.9 Å². The lowest BCUT2D eigenvalue weighted by Gasteiger charge is -2.13. The molecule has 0 bridgehead atoms. The molecule has 0 heterocycles. The van der Waals surface area contributed by atoms with Gasteiger partial charge in [-0.2, -0.15) is 0 Å². The summed E-state index contributed by atoms with van der Waals surface area (Å²) >= 11 is 3.42. The third kappa shape index (κ3) is 3.06. The van der Waals surface area contributed by atoms with Crippen molar-refractivity contribution in [3.63, 3.8) is 0 Å². The SMILES string of the molecule is Cc1cc(C(=O)NC(C)CO)c(C)cc1Br. The van der Waals surface area contributed by atoms with Gasteiger partial charge in [0.1, 0.15) is 0 Å². The van der Waals surface area contributed by atoms with Gasteiger partial charge >= 0.3 is 0 Å². The molecule has 0 fully saturated rings. The highest BCUT2D eigenvalue weighted by atomic mass is 79.9. The Kier molecular flexibility index (Phi) is 4.50. The standard InChI is InChI=1S/C12H16BrNO2/c1-7-5-11(13)8(2)4-10(7)12(16)14-9(3)6-15/h4-5,9,15H,6H2,1-3H3,(H,14,16). The van der Waals surface area contributed by atoms with E-state index >= 15 is 0 Å². The van der Waals surface area contributed by atoms with Crippen molar-refractivity contribution in [3.05, 3.63) is 33.3 Å². The van der Waals surface area contributed by atoms with E-state index in [0.29, 0.717) is 5.56 Å². The first kappa shape index (κ1) is 13.2. The second-order valence-corrected chi connectivity index (χ2v) is 4.83. The monoisotopic (exact) mass is 285 g/mol. The van der Waals surface area contributed by atoms with Crippen LogP contribution in [0.3, 0.4) is 0 Å². The summed E-state index contributed by atoms with van der Waals surface area (Å²) in [6.07, 6.45) is 0. The summed E-state index contributed by atoms with van der Waals surface area (Å²) in [5.74, 6) is -0.144. The molecule has 0 spiro atoms. The Morgan fingerprint density at radius 1 is 1.44 bits per heavy atom. The lowest BCUT2D eigenvalue weighted by Crippen LogP contribution is -2.35. The van der Waals surface area contributed by atoms with E-state index in [4.69, 9.17) is 5.11 Å². The zero-order valence-electron chi connectivity index (χ0n) is 9.67. The number of hydrogen-bond donors (Lipinski definition) is 2. The molecule has 16 heavy (non-hydrogen) atoms. The maximum atomic E-state index is 11.9. The third-order valence-electron chi connectivity index (χ3n) is 2.40. The van der Waals surface area contributed by atoms with E-state index in [1.165, 1.54) is 0 Å². The highest BCUT2D eigenvalue weighted by molar-refractivity contribution is 9.10. The van der Waals surface area contributed by atoms with Crippen LogP contribution in [0.4, 0.5) is 0 Å². The second kappa shape index (κ2) is 5.46. The number of carbonyl (C=O) groups is 1. The molecular formula is C12H16BrNO2.